The zero-order valence-corrected chi connectivity index (χ0v) is 36.6. The Morgan fingerprint density at radius 3 is 1.65 bits per heavy atom. The molecule has 0 atom stereocenters. The Balaban J connectivity index is 1.29. The summed E-state index contributed by atoms with van der Waals surface area (Å²) in [6.07, 6.45) is 1.58. The maximum atomic E-state index is 14.3. The second-order valence-electron chi connectivity index (χ2n) is 13.5. The minimum atomic E-state index is -4.36. The summed E-state index contributed by atoms with van der Waals surface area (Å²) >= 11 is 0. The van der Waals surface area contributed by atoms with Gasteiger partial charge < -0.3 is 34.3 Å². The maximum Gasteiger partial charge on any atom is 0.264 e. The highest BCUT2D eigenvalue weighted by atomic mass is 32.2. The number of benzene rings is 5. The van der Waals surface area contributed by atoms with E-state index in [0.717, 1.165) is 8.61 Å². The van der Waals surface area contributed by atoms with Crippen LogP contribution in [0.5, 0.6) is 28.7 Å². The lowest BCUT2D eigenvalue weighted by atomic mass is 10.1. The lowest BCUT2D eigenvalue weighted by Gasteiger charge is -2.27. The molecule has 0 aliphatic carbocycles. The molecule has 1 heterocycles. The van der Waals surface area contributed by atoms with Gasteiger partial charge in [-0.3, -0.25) is 23.2 Å². The summed E-state index contributed by atoms with van der Waals surface area (Å²) in [5, 5.41) is 5.51. The van der Waals surface area contributed by atoms with Gasteiger partial charge in [0.05, 0.1) is 62.4 Å². The van der Waals surface area contributed by atoms with Crippen LogP contribution < -0.4 is 42.9 Å². The summed E-state index contributed by atoms with van der Waals surface area (Å²) in [6, 6.07) is 32.9. The molecule has 328 valence electrons. The van der Waals surface area contributed by atoms with Crippen molar-refractivity contribution in [1.29, 1.82) is 0 Å². The molecule has 2 N–H and O–H groups in total. The molecule has 18 heteroatoms. The molecule has 16 nitrogen and oxygen atoms in total. The smallest absolute Gasteiger partial charge is 0.264 e. The number of nitrogens with zero attached hydrogens (tertiary/aromatic N) is 3. The van der Waals surface area contributed by atoms with E-state index >= 15 is 0 Å². The molecule has 0 radical (unpaired) electrons. The van der Waals surface area contributed by atoms with E-state index in [1.54, 1.807) is 91.0 Å². The number of pyridine rings is 1. The summed E-state index contributed by atoms with van der Waals surface area (Å²) in [5.74, 6) is -0.0525. The van der Waals surface area contributed by atoms with Crippen LogP contribution in [-0.2, 0) is 36.1 Å². The van der Waals surface area contributed by atoms with Gasteiger partial charge in [-0.05, 0) is 66.7 Å². The van der Waals surface area contributed by atoms with Gasteiger partial charge in [-0.25, -0.2) is 16.8 Å². The van der Waals surface area contributed by atoms with Gasteiger partial charge in [0.15, 0.2) is 0 Å². The highest BCUT2D eigenvalue weighted by Crippen LogP contribution is 2.40. The summed E-state index contributed by atoms with van der Waals surface area (Å²) in [6.45, 7) is -1.28. The Labute approximate surface area is 366 Å². The molecule has 6 aromatic rings. The van der Waals surface area contributed by atoms with Gasteiger partial charge >= 0.3 is 0 Å². The first-order valence-electron chi connectivity index (χ1n) is 19.1. The van der Waals surface area contributed by atoms with Crippen LogP contribution in [-0.4, -0.2) is 82.3 Å². The quantitative estimate of drug-likeness (QED) is 0.0913. The average Bonchev–Trinajstić information content (AvgIpc) is 3.30. The van der Waals surface area contributed by atoms with Crippen LogP contribution in [0.15, 0.2) is 143 Å². The molecule has 5 aromatic carbocycles. The van der Waals surface area contributed by atoms with Gasteiger partial charge in [0.2, 0.25) is 11.8 Å². The Morgan fingerprint density at radius 1 is 0.540 bits per heavy atom. The zero-order chi connectivity index (χ0) is 45.1. The van der Waals surface area contributed by atoms with Crippen molar-refractivity contribution in [3.63, 3.8) is 0 Å². The second-order valence-corrected chi connectivity index (χ2v) is 17.3. The van der Waals surface area contributed by atoms with Gasteiger partial charge in [-0.15, -0.1) is 0 Å². The average molecular weight is 896 g/mol. The van der Waals surface area contributed by atoms with Crippen LogP contribution in [0.25, 0.3) is 0 Å². The minimum absolute atomic E-state index is 0.0220. The molecule has 2 amide bonds. The van der Waals surface area contributed by atoms with Crippen molar-refractivity contribution in [1.82, 2.24) is 4.98 Å². The molecule has 63 heavy (non-hydrogen) atoms. The van der Waals surface area contributed by atoms with Crippen molar-refractivity contribution < 1.29 is 50.1 Å². The maximum absolute atomic E-state index is 14.3. The van der Waals surface area contributed by atoms with Gasteiger partial charge in [0.1, 0.15) is 41.8 Å². The lowest BCUT2D eigenvalue weighted by Crippen LogP contribution is -2.38. The van der Waals surface area contributed by atoms with Gasteiger partial charge in [0.25, 0.3) is 20.0 Å². The topological polar surface area (TPSA) is 192 Å². The van der Waals surface area contributed by atoms with E-state index < -0.39 is 45.0 Å². The van der Waals surface area contributed by atoms with Crippen molar-refractivity contribution in [2.24, 2.45) is 0 Å². The summed E-state index contributed by atoms with van der Waals surface area (Å²) in [7, 11) is -1.59. The molecule has 0 fully saturated rings. The van der Waals surface area contributed by atoms with Gasteiger partial charge in [0, 0.05) is 41.7 Å². The Morgan fingerprint density at radius 2 is 1.08 bits per heavy atom. The molecule has 0 spiro atoms. The number of rotatable bonds is 19. The monoisotopic (exact) mass is 895 g/mol. The number of methoxy groups -OCH3 is 5. The van der Waals surface area contributed by atoms with E-state index in [4.69, 9.17) is 23.7 Å². The molecule has 0 aliphatic heterocycles. The standard InChI is InChI=1S/C45H45N5O11S2/c1-57-34-20-21-41(59-3)38(27-34)49(62(53,54)35-14-8-6-9-15-35)29-44(51)47-32-22-23-46-33(26-32)24-31-25-43(61-5)39(28-42(31)60-4)50(63(55,56)36-16-10-7-11-17-36)30-45(52)48-37-18-12-13-19-40(37)58-2/h6-23,25-28H,24,29-30H2,1-5H3,(H,48,52)(H,46,47,51). The number of amides is 2. The Hall–Kier alpha value is -7.31. The fraction of sp³-hybridized carbons (Fsp3) is 0.178. The number of nitrogens with one attached hydrogen (secondary N) is 2. The molecular weight excluding hydrogens is 851 g/mol. The first kappa shape index (κ1) is 45.2. The van der Waals surface area contributed by atoms with E-state index in [1.807, 2.05) is 0 Å². The molecule has 1 aromatic heterocycles. The molecule has 6 rings (SSSR count). The normalized spacial score (nSPS) is 11.2. The number of ether oxygens (including phenoxy) is 5. The molecule has 0 saturated heterocycles. The number of hydrogen-bond donors (Lipinski definition) is 2. The van der Waals surface area contributed by atoms with E-state index in [2.05, 4.69) is 15.6 Å². The van der Waals surface area contributed by atoms with E-state index in [0.29, 0.717) is 34.1 Å². The predicted octanol–water partition coefficient (Wildman–Crippen LogP) is 6.38. The number of carbonyl (C=O) groups excluding carboxylic acids is 2. The number of aromatic nitrogens is 1. The van der Waals surface area contributed by atoms with Crippen LogP contribution in [0.3, 0.4) is 0 Å². The van der Waals surface area contributed by atoms with Crippen LogP contribution >= 0.6 is 0 Å². The third-order valence-electron chi connectivity index (χ3n) is 9.60. The Bertz CT molecular complexity index is 2790. The SMILES string of the molecule is COc1ccc(OC)c(N(CC(=O)Nc2ccnc(Cc3cc(OC)c(N(CC(=O)Nc4ccccc4OC)S(=O)(=O)c4ccccc4)cc3OC)c2)S(=O)(=O)c2ccccc2)c1. The van der Waals surface area contributed by atoms with Crippen molar-refractivity contribution in [2.45, 2.75) is 16.2 Å². The number of carbonyl (C=O) groups is 2. The zero-order valence-electron chi connectivity index (χ0n) is 35.0. The lowest BCUT2D eigenvalue weighted by molar-refractivity contribution is -0.115. The van der Waals surface area contributed by atoms with Crippen LogP contribution in [0.1, 0.15) is 11.3 Å². The number of anilines is 4. The van der Waals surface area contributed by atoms with Crippen molar-refractivity contribution in [3.05, 3.63) is 145 Å². The number of hydrogen-bond acceptors (Lipinski definition) is 12. The molecule has 0 unspecified atom stereocenters. The van der Waals surface area contributed by atoms with Crippen molar-refractivity contribution >= 4 is 54.6 Å². The fourth-order valence-electron chi connectivity index (χ4n) is 6.55. The molecule has 0 saturated carbocycles. The third-order valence-corrected chi connectivity index (χ3v) is 13.1. The highest BCUT2D eigenvalue weighted by Gasteiger charge is 2.32. The van der Waals surface area contributed by atoms with Crippen LogP contribution in [0.4, 0.5) is 22.7 Å². The number of para-hydroxylation sites is 2. The molecular formula is C45H45N5O11S2. The van der Waals surface area contributed by atoms with E-state index in [9.17, 15) is 26.4 Å². The summed E-state index contributed by atoms with van der Waals surface area (Å²) in [4.78, 5) is 31.7. The predicted molar refractivity (Wildman–Crippen MR) is 238 cm³/mol. The first-order valence-corrected chi connectivity index (χ1v) is 22.0. The molecule has 0 bridgehead atoms. The van der Waals surface area contributed by atoms with Crippen LogP contribution in [0, 0.1) is 0 Å². The summed E-state index contributed by atoms with van der Waals surface area (Å²) < 4.78 is 86.3. The third kappa shape index (κ3) is 10.4. The van der Waals surface area contributed by atoms with Crippen molar-refractivity contribution in [2.75, 3.05) is 67.9 Å². The summed E-state index contributed by atoms with van der Waals surface area (Å²) in [5.41, 5.74) is 1.74. The Kier molecular flexibility index (Phi) is 14.4. The molecule has 0 aliphatic rings. The first-order chi connectivity index (χ1) is 30.3. The minimum Gasteiger partial charge on any atom is -0.497 e. The van der Waals surface area contributed by atoms with Gasteiger partial charge in [-0.2, -0.15) is 0 Å². The van der Waals surface area contributed by atoms with E-state index in [-0.39, 0.29) is 44.8 Å². The number of sulfonamides is 2. The van der Waals surface area contributed by atoms with E-state index in [1.165, 1.54) is 78.1 Å². The van der Waals surface area contributed by atoms with Crippen molar-refractivity contribution in [3.8, 4) is 28.7 Å². The fourth-order valence-corrected chi connectivity index (χ4v) is 9.44. The second kappa shape index (κ2) is 20.0. The van der Waals surface area contributed by atoms with Crippen LogP contribution in [0.2, 0.25) is 0 Å². The van der Waals surface area contributed by atoms with Gasteiger partial charge in [-0.1, -0.05) is 48.5 Å². The largest absolute Gasteiger partial charge is 0.497 e. The highest BCUT2D eigenvalue weighted by molar-refractivity contribution is 7.93.